The maximum atomic E-state index is 13.1. The zero-order chi connectivity index (χ0) is 23.8. The number of nitrogens with zero attached hydrogens (tertiary/aromatic N) is 3. The van der Waals surface area contributed by atoms with Crippen LogP contribution in [0.25, 0.3) is 10.9 Å². The van der Waals surface area contributed by atoms with E-state index in [0.29, 0.717) is 25.1 Å². The van der Waals surface area contributed by atoms with Gasteiger partial charge in [0.05, 0.1) is 11.1 Å². The smallest absolute Gasteiger partial charge is 0.388 e. The number of benzene rings is 1. The number of hydrogen-bond donors (Lipinski definition) is 1. The summed E-state index contributed by atoms with van der Waals surface area (Å²) in [7, 11) is 1.91. The lowest BCUT2D eigenvalue weighted by Gasteiger charge is -2.44. The molecule has 0 saturated carbocycles. The summed E-state index contributed by atoms with van der Waals surface area (Å²) in [6, 6.07) is 10.2. The highest BCUT2D eigenvalue weighted by atomic mass is 19.3. The molecule has 3 heterocycles. The molecule has 0 aliphatic carbocycles. The van der Waals surface area contributed by atoms with Gasteiger partial charge in [-0.3, -0.25) is 9.59 Å². The highest BCUT2D eigenvalue weighted by molar-refractivity contribution is 6.06. The largest absolute Gasteiger partial charge is 0.417 e. The molecule has 0 bridgehead atoms. The number of likely N-dealkylation sites (tertiary alicyclic amines) is 1. The standard InChI is InChI=1S/C24H26F2N4O3/c1-24(2)14-30(22(32)16-7-10-27-19(13-16)33-23(25)26)12-9-18(24)28-21(31)17-6-4-5-15-8-11-29(3)20(15)17/h4-8,10-11,13,18,23H,9,12,14H2,1-3H3,(H,28,31). The molecule has 2 aromatic heterocycles. The summed E-state index contributed by atoms with van der Waals surface area (Å²) >= 11 is 0. The number of carbonyl (C=O) groups excluding carboxylic acids is 2. The van der Waals surface area contributed by atoms with E-state index in [9.17, 15) is 18.4 Å². The van der Waals surface area contributed by atoms with Crippen molar-refractivity contribution in [2.24, 2.45) is 12.5 Å². The lowest BCUT2D eigenvalue weighted by Crippen LogP contribution is -2.56. The number of nitrogens with one attached hydrogen (secondary N) is 1. The molecule has 1 aliphatic heterocycles. The molecule has 1 aromatic carbocycles. The molecule has 1 unspecified atom stereocenters. The van der Waals surface area contributed by atoms with Gasteiger partial charge >= 0.3 is 6.61 Å². The number of pyridine rings is 1. The summed E-state index contributed by atoms with van der Waals surface area (Å²) in [4.78, 5) is 31.5. The predicted molar refractivity (Wildman–Crippen MR) is 119 cm³/mol. The molecule has 1 saturated heterocycles. The number of amides is 2. The van der Waals surface area contributed by atoms with E-state index in [0.717, 1.165) is 10.9 Å². The van der Waals surface area contributed by atoms with Crippen molar-refractivity contribution in [3.63, 3.8) is 0 Å². The van der Waals surface area contributed by atoms with Crippen LogP contribution in [0.3, 0.4) is 0 Å². The third-order valence-corrected chi connectivity index (χ3v) is 6.16. The molecule has 1 fully saturated rings. The highest BCUT2D eigenvalue weighted by Gasteiger charge is 2.39. The van der Waals surface area contributed by atoms with Crippen molar-refractivity contribution in [1.29, 1.82) is 0 Å². The van der Waals surface area contributed by atoms with Gasteiger partial charge in [-0.25, -0.2) is 4.98 Å². The predicted octanol–water partition coefficient (Wildman–Crippen LogP) is 3.85. The summed E-state index contributed by atoms with van der Waals surface area (Å²) in [6.45, 7) is 1.81. The molecule has 0 spiro atoms. The zero-order valence-corrected chi connectivity index (χ0v) is 18.7. The molecule has 7 nitrogen and oxygen atoms in total. The van der Waals surface area contributed by atoms with Gasteiger partial charge in [0.25, 0.3) is 11.8 Å². The Kier molecular flexibility index (Phi) is 6.05. The zero-order valence-electron chi connectivity index (χ0n) is 18.7. The first-order chi connectivity index (χ1) is 15.7. The van der Waals surface area contributed by atoms with Crippen molar-refractivity contribution in [3.8, 4) is 5.88 Å². The average molecular weight is 456 g/mol. The minimum absolute atomic E-state index is 0.139. The number of fused-ring (bicyclic) bond motifs is 1. The maximum absolute atomic E-state index is 13.1. The second-order valence-electron chi connectivity index (χ2n) is 8.96. The molecule has 2 amide bonds. The minimum Gasteiger partial charge on any atom is -0.417 e. The van der Waals surface area contributed by atoms with Crippen molar-refractivity contribution >= 4 is 22.7 Å². The molecule has 1 aliphatic rings. The fraction of sp³-hybridized carbons (Fsp3) is 0.375. The second-order valence-corrected chi connectivity index (χ2v) is 8.96. The Morgan fingerprint density at radius 1 is 1.24 bits per heavy atom. The minimum atomic E-state index is -3.01. The molecular formula is C24H26F2N4O3. The van der Waals surface area contributed by atoms with Gasteiger partial charge in [-0.15, -0.1) is 0 Å². The number of piperidine rings is 1. The van der Waals surface area contributed by atoms with E-state index in [1.165, 1.54) is 18.3 Å². The Labute approximate surface area is 190 Å². The van der Waals surface area contributed by atoms with Crippen LogP contribution in [0.5, 0.6) is 5.88 Å². The van der Waals surface area contributed by atoms with Gasteiger partial charge in [0.15, 0.2) is 0 Å². The number of aromatic nitrogens is 2. The third-order valence-electron chi connectivity index (χ3n) is 6.16. The summed E-state index contributed by atoms with van der Waals surface area (Å²) < 4.78 is 31.2. The van der Waals surface area contributed by atoms with Gasteiger partial charge in [-0.2, -0.15) is 8.78 Å². The Bertz CT molecular complexity index is 1190. The summed E-state index contributed by atoms with van der Waals surface area (Å²) in [5, 5.41) is 4.16. The van der Waals surface area contributed by atoms with Crippen LogP contribution < -0.4 is 10.1 Å². The molecule has 174 valence electrons. The highest BCUT2D eigenvalue weighted by Crippen LogP contribution is 2.31. The van der Waals surface area contributed by atoms with Crippen LogP contribution in [-0.4, -0.2) is 52.0 Å². The number of halogens is 2. The first-order valence-electron chi connectivity index (χ1n) is 10.7. The van der Waals surface area contributed by atoms with Crippen LogP contribution >= 0.6 is 0 Å². The Morgan fingerprint density at radius 3 is 2.76 bits per heavy atom. The molecule has 1 atom stereocenters. The molecule has 4 rings (SSSR count). The molecule has 3 aromatic rings. The topological polar surface area (TPSA) is 76.5 Å². The van der Waals surface area contributed by atoms with Crippen molar-refractivity contribution in [2.75, 3.05) is 13.1 Å². The summed E-state index contributed by atoms with van der Waals surface area (Å²) in [5.74, 6) is -0.738. The second kappa shape index (κ2) is 8.80. The van der Waals surface area contributed by atoms with E-state index in [1.807, 2.05) is 55.9 Å². The van der Waals surface area contributed by atoms with E-state index < -0.39 is 12.0 Å². The van der Waals surface area contributed by atoms with Gasteiger partial charge in [0, 0.05) is 61.0 Å². The average Bonchev–Trinajstić information content (AvgIpc) is 3.15. The monoisotopic (exact) mass is 456 g/mol. The third kappa shape index (κ3) is 4.67. The number of ether oxygens (including phenoxy) is 1. The van der Waals surface area contributed by atoms with E-state index in [1.54, 1.807) is 4.90 Å². The van der Waals surface area contributed by atoms with Crippen molar-refractivity contribution in [3.05, 3.63) is 59.9 Å². The van der Waals surface area contributed by atoms with Gasteiger partial charge in [-0.1, -0.05) is 26.0 Å². The molecule has 0 radical (unpaired) electrons. The molecule has 33 heavy (non-hydrogen) atoms. The molecule has 1 N–H and O–H groups in total. The SMILES string of the molecule is Cn1ccc2cccc(C(=O)NC3CCN(C(=O)c4ccnc(OC(F)F)c4)CC3(C)C)c21. The van der Waals surface area contributed by atoms with Crippen molar-refractivity contribution in [1.82, 2.24) is 19.8 Å². The van der Waals surface area contributed by atoms with Crippen LogP contribution in [0, 0.1) is 5.41 Å². The van der Waals surface area contributed by atoms with E-state index in [-0.39, 0.29) is 29.3 Å². The van der Waals surface area contributed by atoms with Crippen LogP contribution in [0.4, 0.5) is 8.78 Å². The first kappa shape index (κ1) is 22.7. The molecular weight excluding hydrogens is 430 g/mol. The lowest BCUT2D eigenvalue weighted by atomic mass is 9.78. The number of para-hydroxylation sites is 1. The van der Waals surface area contributed by atoms with Gasteiger partial charge < -0.3 is 19.5 Å². The lowest BCUT2D eigenvalue weighted by molar-refractivity contribution is -0.0529. The number of carbonyl (C=O) groups is 2. The fourth-order valence-electron chi connectivity index (χ4n) is 4.45. The van der Waals surface area contributed by atoms with Gasteiger partial charge in [0.2, 0.25) is 5.88 Å². The van der Waals surface area contributed by atoms with Crippen molar-refractivity contribution in [2.45, 2.75) is 32.9 Å². The molecule has 9 heteroatoms. The summed E-state index contributed by atoms with van der Waals surface area (Å²) in [5.41, 5.74) is 1.31. The Morgan fingerprint density at radius 2 is 2.03 bits per heavy atom. The Hall–Kier alpha value is -3.49. The van der Waals surface area contributed by atoms with Gasteiger partial charge in [-0.05, 0) is 24.6 Å². The van der Waals surface area contributed by atoms with Crippen molar-refractivity contribution < 1.29 is 23.1 Å². The van der Waals surface area contributed by atoms with Crippen LogP contribution in [0.2, 0.25) is 0 Å². The summed E-state index contributed by atoms with van der Waals surface area (Å²) in [6.07, 6.45) is 3.76. The normalized spacial score (nSPS) is 17.9. The van der Waals surface area contributed by atoms with Crippen LogP contribution in [-0.2, 0) is 7.05 Å². The Balaban J connectivity index is 1.46. The number of hydrogen-bond acceptors (Lipinski definition) is 4. The van der Waals surface area contributed by atoms with Gasteiger partial charge in [0.1, 0.15) is 0 Å². The quantitative estimate of drug-likeness (QED) is 0.633. The maximum Gasteiger partial charge on any atom is 0.388 e. The van der Waals surface area contributed by atoms with E-state index in [2.05, 4.69) is 15.0 Å². The fourth-order valence-corrected chi connectivity index (χ4v) is 4.45. The van der Waals surface area contributed by atoms with E-state index in [4.69, 9.17) is 0 Å². The first-order valence-corrected chi connectivity index (χ1v) is 10.7. The number of alkyl halides is 2. The van der Waals surface area contributed by atoms with Crippen LogP contribution in [0.15, 0.2) is 48.8 Å². The van der Waals surface area contributed by atoms with Crippen LogP contribution in [0.1, 0.15) is 41.0 Å². The number of aryl methyl sites for hydroxylation is 1. The van der Waals surface area contributed by atoms with E-state index >= 15 is 0 Å². The number of rotatable bonds is 5.